The highest BCUT2D eigenvalue weighted by Crippen LogP contribution is 2.31. The molecular formula is C12H8ClNO2S. The molecule has 0 unspecified atom stereocenters. The van der Waals surface area contributed by atoms with E-state index in [4.69, 9.17) is 16.3 Å². The van der Waals surface area contributed by atoms with Gasteiger partial charge in [0.2, 0.25) is 0 Å². The van der Waals surface area contributed by atoms with E-state index in [1.807, 2.05) is 24.3 Å². The average molecular weight is 266 g/mol. The lowest BCUT2D eigenvalue weighted by Gasteiger charge is -2.08. The van der Waals surface area contributed by atoms with Crippen LogP contribution in [0.25, 0.3) is 10.6 Å². The molecule has 1 aromatic carbocycles. The van der Waals surface area contributed by atoms with Gasteiger partial charge in [-0.2, -0.15) is 0 Å². The SMILES string of the molecule is O=C1OCCc2nc(-c3cccc(Cl)c3)sc21. The molecule has 86 valence electrons. The number of carbonyl (C=O) groups excluding carboxylic acids is 1. The van der Waals surface area contributed by atoms with E-state index in [0.717, 1.165) is 16.3 Å². The van der Waals surface area contributed by atoms with Gasteiger partial charge in [0.1, 0.15) is 9.88 Å². The van der Waals surface area contributed by atoms with Crippen LogP contribution in [0.3, 0.4) is 0 Å². The number of esters is 1. The zero-order valence-corrected chi connectivity index (χ0v) is 10.3. The molecule has 2 heterocycles. The summed E-state index contributed by atoms with van der Waals surface area (Å²) in [6, 6.07) is 7.46. The molecule has 0 fully saturated rings. The number of nitrogens with zero attached hydrogens (tertiary/aromatic N) is 1. The number of halogens is 1. The van der Waals surface area contributed by atoms with Crippen molar-refractivity contribution in [2.75, 3.05) is 6.61 Å². The van der Waals surface area contributed by atoms with E-state index >= 15 is 0 Å². The van der Waals surface area contributed by atoms with Crippen molar-refractivity contribution in [2.45, 2.75) is 6.42 Å². The van der Waals surface area contributed by atoms with Gasteiger partial charge >= 0.3 is 5.97 Å². The van der Waals surface area contributed by atoms with Crippen LogP contribution in [0.5, 0.6) is 0 Å². The molecule has 17 heavy (non-hydrogen) atoms. The summed E-state index contributed by atoms with van der Waals surface area (Å²) in [5.41, 5.74) is 1.77. The summed E-state index contributed by atoms with van der Waals surface area (Å²) >= 11 is 7.30. The third kappa shape index (κ3) is 1.94. The van der Waals surface area contributed by atoms with E-state index < -0.39 is 0 Å². The molecule has 0 spiro atoms. The van der Waals surface area contributed by atoms with Crippen LogP contribution in [0.2, 0.25) is 5.02 Å². The van der Waals surface area contributed by atoms with Crippen LogP contribution in [0.1, 0.15) is 15.4 Å². The highest BCUT2D eigenvalue weighted by Gasteiger charge is 2.24. The van der Waals surface area contributed by atoms with Gasteiger partial charge in [0.15, 0.2) is 0 Å². The Morgan fingerprint density at radius 3 is 3.06 bits per heavy atom. The molecule has 0 aliphatic carbocycles. The number of aromatic nitrogens is 1. The van der Waals surface area contributed by atoms with Crippen molar-refractivity contribution in [3.8, 4) is 10.6 Å². The van der Waals surface area contributed by atoms with Gasteiger partial charge in [0.05, 0.1) is 12.3 Å². The predicted molar refractivity (Wildman–Crippen MR) is 66.5 cm³/mol. The van der Waals surface area contributed by atoms with Crippen LogP contribution in [-0.4, -0.2) is 17.6 Å². The summed E-state index contributed by atoms with van der Waals surface area (Å²) in [7, 11) is 0. The molecule has 1 aliphatic rings. The van der Waals surface area contributed by atoms with Crippen molar-refractivity contribution in [1.82, 2.24) is 4.98 Å². The topological polar surface area (TPSA) is 39.2 Å². The maximum absolute atomic E-state index is 11.5. The second-order valence-electron chi connectivity index (χ2n) is 3.69. The van der Waals surface area contributed by atoms with Gasteiger partial charge in [0.25, 0.3) is 0 Å². The number of rotatable bonds is 1. The first kappa shape index (κ1) is 10.7. The van der Waals surface area contributed by atoms with Crippen LogP contribution in [0, 0.1) is 0 Å². The highest BCUT2D eigenvalue weighted by atomic mass is 35.5. The fraction of sp³-hybridized carbons (Fsp3) is 0.167. The number of thiazole rings is 1. The Morgan fingerprint density at radius 2 is 2.29 bits per heavy atom. The number of cyclic esters (lactones) is 1. The Hall–Kier alpha value is -1.39. The van der Waals surface area contributed by atoms with Gasteiger partial charge in [-0.3, -0.25) is 0 Å². The van der Waals surface area contributed by atoms with Gasteiger partial charge < -0.3 is 4.74 Å². The molecule has 0 atom stereocenters. The number of hydrogen-bond acceptors (Lipinski definition) is 4. The smallest absolute Gasteiger partial charge is 0.350 e. The van der Waals surface area contributed by atoms with Gasteiger partial charge in [0, 0.05) is 17.0 Å². The van der Waals surface area contributed by atoms with Crippen molar-refractivity contribution < 1.29 is 9.53 Å². The lowest BCUT2D eigenvalue weighted by atomic mass is 10.2. The minimum atomic E-state index is -0.267. The van der Waals surface area contributed by atoms with Gasteiger partial charge in [-0.05, 0) is 12.1 Å². The second-order valence-corrected chi connectivity index (χ2v) is 5.13. The van der Waals surface area contributed by atoms with Gasteiger partial charge in [-0.25, -0.2) is 9.78 Å². The molecule has 5 heteroatoms. The zero-order chi connectivity index (χ0) is 11.8. The van der Waals surface area contributed by atoms with Crippen LogP contribution < -0.4 is 0 Å². The van der Waals surface area contributed by atoms with Crippen molar-refractivity contribution >= 4 is 28.9 Å². The molecule has 3 rings (SSSR count). The second kappa shape index (κ2) is 4.13. The Labute approximate surface area is 107 Å². The normalized spacial score (nSPS) is 14.3. The maximum Gasteiger partial charge on any atom is 0.350 e. The first-order valence-electron chi connectivity index (χ1n) is 5.17. The lowest BCUT2D eigenvalue weighted by molar-refractivity contribution is 0.0485. The monoisotopic (exact) mass is 265 g/mol. The molecule has 3 nitrogen and oxygen atoms in total. The predicted octanol–water partition coefficient (Wildman–Crippen LogP) is 3.18. The number of benzene rings is 1. The van der Waals surface area contributed by atoms with Crippen LogP contribution in [0.15, 0.2) is 24.3 Å². The Balaban J connectivity index is 2.08. The number of carbonyl (C=O) groups is 1. The lowest BCUT2D eigenvalue weighted by Crippen LogP contribution is -2.15. The fourth-order valence-corrected chi connectivity index (χ4v) is 2.92. The fourth-order valence-electron chi connectivity index (χ4n) is 1.73. The average Bonchev–Trinajstić information content (AvgIpc) is 2.74. The number of hydrogen-bond donors (Lipinski definition) is 0. The molecule has 0 bridgehead atoms. The number of ether oxygens (including phenoxy) is 1. The molecule has 1 aromatic heterocycles. The van der Waals surface area contributed by atoms with Crippen LogP contribution in [-0.2, 0) is 11.2 Å². The summed E-state index contributed by atoms with van der Waals surface area (Å²) in [6.07, 6.45) is 0.693. The highest BCUT2D eigenvalue weighted by molar-refractivity contribution is 7.17. The van der Waals surface area contributed by atoms with Gasteiger partial charge in [-0.15, -0.1) is 11.3 Å². The number of fused-ring (bicyclic) bond motifs is 1. The van der Waals surface area contributed by atoms with E-state index in [-0.39, 0.29) is 5.97 Å². The van der Waals surface area contributed by atoms with E-state index in [1.165, 1.54) is 11.3 Å². The summed E-state index contributed by atoms with van der Waals surface area (Å²) in [4.78, 5) is 16.6. The third-order valence-electron chi connectivity index (χ3n) is 2.53. The standard InChI is InChI=1S/C12H8ClNO2S/c13-8-3-1-2-7(6-8)11-14-9-4-5-16-12(15)10(9)17-11/h1-3,6H,4-5H2. The molecular weight excluding hydrogens is 258 g/mol. The first-order valence-corrected chi connectivity index (χ1v) is 6.36. The Morgan fingerprint density at radius 1 is 1.41 bits per heavy atom. The van der Waals surface area contributed by atoms with E-state index in [0.29, 0.717) is 22.9 Å². The van der Waals surface area contributed by atoms with Crippen molar-refractivity contribution in [3.63, 3.8) is 0 Å². The van der Waals surface area contributed by atoms with Crippen molar-refractivity contribution in [3.05, 3.63) is 39.9 Å². The molecule has 2 aromatic rings. The van der Waals surface area contributed by atoms with Crippen molar-refractivity contribution in [2.24, 2.45) is 0 Å². The maximum atomic E-state index is 11.5. The van der Waals surface area contributed by atoms with Crippen molar-refractivity contribution in [1.29, 1.82) is 0 Å². The summed E-state index contributed by atoms with van der Waals surface area (Å²) < 4.78 is 4.98. The molecule has 0 N–H and O–H groups in total. The van der Waals surface area contributed by atoms with E-state index in [2.05, 4.69) is 4.98 Å². The Kier molecular flexibility index (Phi) is 2.61. The third-order valence-corrected chi connectivity index (χ3v) is 3.89. The van der Waals surface area contributed by atoms with Crippen LogP contribution in [0.4, 0.5) is 0 Å². The van der Waals surface area contributed by atoms with Gasteiger partial charge in [-0.1, -0.05) is 23.7 Å². The molecule has 0 saturated heterocycles. The molecule has 1 aliphatic heterocycles. The summed E-state index contributed by atoms with van der Waals surface area (Å²) in [5.74, 6) is -0.267. The quantitative estimate of drug-likeness (QED) is 0.744. The molecule has 0 saturated carbocycles. The first-order chi connectivity index (χ1) is 8.24. The largest absolute Gasteiger partial charge is 0.461 e. The molecule has 0 radical (unpaired) electrons. The summed E-state index contributed by atoms with van der Waals surface area (Å²) in [6.45, 7) is 0.421. The van der Waals surface area contributed by atoms with E-state index in [9.17, 15) is 4.79 Å². The van der Waals surface area contributed by atoms with Crippen LogP contribution >= 0.6 is 22.9 Å². The van der Waals surface area contributed by atoms with E-state index in [1.54, 1.807) is 0 Å². The zero-order valence-electron chi connectivity index (χ0n) is 8.77. The Bertz CT molecular complexity index is 594. The molecule has 0 amide bonds. The minimum absolute atomic E-state index is 0.267. The summed E-state index contributed by atoms with van der Waals surface area (Å²) in [5, 5.41) is 1.48. The minimum Gasteiger partial charge on any atom is -0.461 e.